The zero-order valence-electron chi connectivity index (χ0n) is 11.8. The summed E-state index contributed by atoms with van der Waals surface area (Å²) in [5.74, 6) is 0.423. The first-order valence-corrected chi connectivity index (χ1v) is 8.58. The number of hydrogen-bond donors (Lipinski definition) is 0. The third kappa shape index (κ3) is 1.99. The number of aromatic nitrogens is 1. The highest BCUT2D eigenvalue weighted by atomic mass is 32.1. The fraction of sp³-hybridized carbons (Fsp3) is 0.733. The molecule has 3 heterocycles. The van der Waals surface area contributed by atoms with Crippen LogP contribution >= 0.6 is 11.5 Å². The van der Waals surface area contributed by atoms with Crippen molar-refractivity contribution in [1.29, 1.82) is 0 Å². The molecule has 2 saturated heterocycles. The Morgan fingerprint density at radius 2 is 2.10 bits per heavy atom. The van der Waals surface area contributed by atoms with E-state index in [-0.39, 0.29) is 5.54 Å². The van der Waals surface area contributed by atoms with Crippen LogP contribution in [0.25, 0.3) is 0 Å². The Morgan fingerprint density at radius 1 is 1.30 bits per heavy atom. The molecule has 20 heavy (non-hydrogen) atoms. The predicted molar refractivity (Wildman–Crippen MR) is 78.5 cm³/mol. The molecule has 1 atom stereocenters. The summed E-state index contributed by atoms with van der Waals surface area (Å²) in [4.78, 5) is 17.7. The van der Waals surface area contributed by atoms with Gasteiger partial charge in [0.2, 0.25) is 5.91 Å². The van der Waals surface area contributed by atoms with Crippen molar-refractivity contribution in [1.82, 2.24) is 14.2 Å². The number of nitrogens with zero attached hydrogens (tertiary/aromatic N) is 3. The largest absolute Gasteiger partial charge is 0.338 e. The molecular formula is C15H21N3OS. The zero-order valence-corrected chi connectivity index (χ0v) is 12.6. The van der Waals surface area contributed by atoms with Crippen LogP contribution in [0.15, 0.2) is 11.6 Å². The zero-order chi connectivity index (χ0) is 13.6. The molecule has 0 bridgehead atoms. The first kappa shape index (κ1) is 12.8. The van der Waals surface area contributed by atoms with Crippen molar-refractivity contribution < 1.29 is 4.79 Å². The molecule has 1 aromatic heterocycles. The van der Waals surface area contributed by atoms with Crippen molar-refractivity contribution in [3.05, 3.63) is 17.1 Å². The van der Waals surface area contributed by atoms with E-state index >= 15 is 0 Å². The molecule has 4 rings (SSSR count). The topological polar surface area (TPSA) is 36.4 Å². The Labute approximate surface area is 123 Å². The molecule has 3 aliphatic rings. The minimum Gasteiger partial charge on any atom is -0.338 e. The number of carbonyl (C=O) groups excluding carboxylic acids is 1. The molecule has 1 saturated carbocycles. The second-order valence-electron chi connectivity index (χ2n) is 6.42. The Morgan fingerprint density at radius 3 is 2.80 bits per heavy atom. The van der Waals surface area contributed by atoms with Crippen LogP contribution in [0.5, 0.6) is 0 Å². The van der Waals surface area contributed by atoms with E-state index in [4.69, 9.17) is 0 Å². The standard InChI is InChI=1S/C15H21N3OS/c19-14-15(6-2-8-18(14)13-3-4-13)5-1-7-17(15)10-12-9-16-20-11-12/h9,11,13H,1-8,10H2. The number of likely N-dealkylation sites (tertiary alicyclic amines) is 2. The number of carbonyl (C=O) groups is 1. The smallest absolute Gasteiger partial charge is 0.243 e. The average molecular weight is 291 g/mol. The molecule has 1 aromatic rings. The molecule has 1 amide bonds. The third-order valence-corrected chi connectivity index (χ3v) is 5.75. The second kappa shape index (κ2) is 4.81. The minimum atomic E-state index is -0.192. The van der Waals surface area contributed by atoms with Crippen molar-refractivity contribution in [2.24, 2.45) is 0 Å². The molecule has 0 radical (unpaired) electrons. The second-order valence-corrected chi connectivity index (χ2v) is 7.08. The molecule has 3 fully saturated rings. The highest BCUT2D eigenvalue weighted by Gasteiger charge is 2.52. The highest BCUT2D eigenvalue weighted by Crippen LogP contribution is 2.42. The van der Waals surface area contributed by atoms with Gasteiger partial charge in [-0.1, -0.05) is 0 Å². The van der Waals surface area contributed by atoms with Crippen LogP contribution in [-0.2, 0) is 11.3 Å². The lowest BCUT2D eigenvalue weighted by Gasteiger charge is -2.44. The molecule has 0 N–H and O–H groups in total. The quantitative estimate of drug-likeness (QED) is 0.857. The molecule has 4 nitrogen and oxygen atoms in total. The number of hydrogen-bond acceptors (Lipinski definition) is 4. The summed E-state index contributed by atoms with van der Waals surface area (Å²) in [5.41, 5.74) is 1.07. The summed E-state index contributed by atoms with van der Waals surface area (Å²) in [6, 6.07) is 0.560. The molecule has 108 valence electrons. The fourth-order valence-electron chi connectivity index (χ4n) is 3.97. The predicted octanol–water partition coefficient (Wildman–Crippen LogP) is 2.26. The summed E-state index contributed by atoms with van der Waals surface area (Å²) in [7, 11) is 0. The number of rotatable bonds is 3. The molecule has 1 spiro atoms. The fourth-order valence-corrected chi connectivity index (χ4v) is 4.50. The van der Waals surface area contributed by atoms with Crippen LogP contribution in [0.2, 0.25) is 0 Å². The lowest BCUT2D eigenvalue weighted by molar-refractivity contribution is -0.148. The van der Waals surface area contributed by atoms with Gasteiger partial charge in [0, 0.05) is 30.7 Å². The van der Waals surface area contributed by atoms with E-state index in [9.17, 15) is 4.79 Å². The maximum absolute atomic E-state index is 13.0. The summed E-state index contributed by atoms with van der Waals surface area (Å²) < 4.78 is 4.19. The van der Waals surface area contributed by atoms with Gasteiger partial charge in [0.1, 0.15) is 5.54 Å². The van der Waals surface area contributed by atoms with E-state index in [2.05, 4.69) is 19.6 Å². The molecule has 5 heteroatoms. The normalized spacial score (nSPS) is 31.4. The summed E-state index contributed by atoms with van der Waals surface area (Å²) in [5, 5.41) is 2.11. The van der Waals surface area contributed by atoms with Gasteiger partial charge in [-0.15, -0.1) is 0 Å². The van der Waals surface area contributed by atoms with Crippen molar-refractivity contribution >= 4 is 17.4 Å². The molecule has 1 aliphatic carbocycles. The van der Waals surface area contributed by atoms with Crippen molar-refractivity contribution in [3.8, 4) is 0 Å². The summed E-state index contributed by atoms with van der Waals surface area (Å²) >= 11 is 1.50. The van der Waals surface area contributed by atoms with Gasteiger partial charge in [-0.3, -0.25) is 9.69 Å². The monoisotopic (exact) mass is 291 g/mol. The molecular weight excluding hydrogens is 270 g/mol. The van der Waals surface area contributed by atoms with Gasteiger partial charge in [-0.2, -0.15) is 0 Å². The summed E-state index contributed by atoms with van der Waals surface area (Å²) in [6.45, 7) is 2.93. The Bertz CT molecular complexity index is 499. The highest BCUT2D eigenvalue weighted by molar-refractivity contribution is 7.03. The first-order valence-electron chi connectivity index (χ1n) is 7.74. The van der Waals surface area contributed by atoms with Gasteiger partial charge >= 0.3 is 0 Å². The molecule has 0 aromatic carbocycles. The van der Waals surface area contributed by atoms with E-state index in [0.29, 0.717) is 11.9 Å². The van der Waals surface area contributed by atoms with Crippen molar-refractivity contribution in [3.63, 3.8) is 0 Å². The molecule has 2 aliphatic heterocycles. The Kier molecular flexibility index (Phi) is 3.07. The van der Waals surface area contributed by atoms with Crippen LogP contribution in [0.3, 0.4) is 0 Å². The third-order valence-electron chi connectivity index (χ3n) is 5.12. The summed E-state index contributed by atoms with van der Waals surface area (Å²) in [6.07, 6.45) is 8.80. The van der Waals surface area contributed by atoms with Gasteiger partial charge in [0.15, 0.2) is 0 Å². The van der Waals surface area contributed by atoms with E-state index in [0.717, 1.165) is 38.9 Å². The van der Waals surface area contributed by atoms with Gasteiger partial charge in [-0.05, 0) is 62.2 Å². The Hall–Kier alpha value is -0.940. The SMILES string of the molecule is O=C1N(C2CC2)CCCC12CCCN2Cc1cnsc1. The van der Waals surface area contributed by atoms with E-state index in [1.165, 1.54) is 36.4 Å². The lowest BCUT2D eigenvalue weighted by atomic mass is 9.85. The van der Waals surface area contributed by atoms with E-state index in [1.807, 2.05) is 6.20 Å². The first-order chi connectivity index (χ1) is 9.79. The molecule has 1 unspecified atom stereocenters. The van der Waals surface area contributed by atoms with Gasteiger partial charge in [-0.25, -0.2) is 4.37 Å². The van der Waals surface area contributed by atoms with Crippen LogP contribution in [0, 0.1) is 0 Å². The maximum atomic E-state index is 13.0. The van der Waals surface area contributed by atoms with Gasteiger partial charge in [0.25, 0.3) is 0 Å². The van der Waals surface area contributed by atoms with Crippen molar-refractivity contribution in [2.75, 3.05) is 13.1 Å². The van der Waals surface area contributed by atoms with Crippen LogP contribution in [-0.4, -0.2) is 44.8 Å². The van der Waals surface area contributed by atoms with Crippen LogP contribution in [0.1, 0.15) is 44.1 Å². The van der Waals surface area contributed by atoms with E-state index < -0.39 is 0 Å². The lowest BCUT2D eigenvalue weighted by Crippen LogP contribution is -2.60. The minimum absolute atomic E-state index is 0.192. The number of amides is 1. The van der Waals surface area contributed by atoms with Crippen LogP contribution < -0.4 is 0 Å². The van der Waals surface area contributed by atoms with Gasteiger partial charge in [0.05, 0.1) is 0 Å². The van der Waals surface area contributed by atoms with Crippen LogP contribution in [0.4, 0.5) is 0 Å². The Balaban J connectivity index is 1.58. The van der Waals surface area contributed by atoms with Gasteiger partial charge < -0.3 is 4.90 Å². The number of piperidine rings is 1. The average Bonchev–Trinajstić information content (AvgIpc) is 3.02. The van der Waals surface area contributed by atoms with Crippen molar-refractivity contribution in [2.45, 2.75) is 56.7 Å². The van der Waals surface area contributed by atoms with E-state index in [1.54, 1.807) is 0 Å². The maximum Gasteiger partial charge on any atom is 0.243 e.